The molecule has 6 heteroatoms. The van der Waals surface area contributed by atoms with Crippen LogP contribution in [0.2, 0.25) is 0 Å². The number of rotatable bonds is 4. The highest BCUT2D eigenvalue weighted by atomic mass is 16.5. The number of hydrogen-bond acceptors (Lipinski definition) is 4. The van der Waals surface area contributed by atoms with Gasteiger partial charge in [-0.2, -0.15) is 0 Å². The van der Waals surface area contributed by atoms with Gasteiger partial charge < -0.3 is 19.4 Å². The third-order valence-corrected chi connectivity index (χ3v) is 6.25. The molecule has 6 nitrogen and oxygen atoms in total. The number of furan rings is 1. The number of benzene rings is 2. The number of urea groups is 1. The monoisotopic (exact) mass is 416 g/mol. The summed E-state index contributed by atoms with van der Waals surface area (Å²) in [4.78, 5) is 27.7. The van der Waals surface area contributed by atoms with Gasteiger partial charge in [0.25, 0.3) is 0 Å². The lowest BCUT2D eigenvalue weighted by atomic mass is 9.91. The second kappa shape index (κ2) is 7.95. The third kappa shape index (κ3) is 3.48. The molecule has 5 rings (SSSR count). The first-order valence-corrected chi connectivity index (χ1v) is 10.6. The Hall–Kier alpha value is -3.54. The van der Waals surface area contributed by atoms with Gasteiger partial charge in [-0.05, 0) is 37.0 Å². The minimum absolute atomic E-state index is 0.0254. The number of para-hydroxylation sites is 1. The van der Waals surface area contributed by atoms with Gasteiger partial charge in [0.2, 0.25) is 0 Å². The Morgan fingerprint density at radius 3 is 2.65 bits per heavy atom. The first-order valence-electron chi connectivity index (χ1n) is 10.6. The highest BCUT2D eigenvalue weighted by molar-refractivity contribution is 6.01. The molecule has 1 saturated heterocycles. The maximum Gasteiger partial charge on any atom is 0.336 e. The molecule has 0 aliphatic carbocycles. The fraction of sp³-hybridized carbons (Fsp3) is 0.280. The maximum atomic E-state index is 13.1. The van der Waals surface area contributed by atoms with E-state index in [2.05, 4.69) is 5.32 Å². The number of nitrogens with one attached hydrogen (secondary N) is 1. The lowest BCUT2D eigenvalue weighted by Gasteiger charge is -2.36. The van der Waals surface area contributed by atoms with E-state index in [1.807, 2.05) is 65.6 Å². The van der Waals surface area contributed by atoms with Crippen molar-refractivity contribution < 1.29 is 18.7 Å². The smallest absolute Gasteiger partial charge is 0.336 e. The fourth-order valence-electron chi connectivity index (χ4n) is 4.82. The van der Waals surface area contributed by atoms with E-state index in [-0.39, 0.29) is 18.1 Å². The molecule has 0 unspecified atom stereocenters. The van der Waals surface area contributed by atoms with Crippen LogP contribution in [0.5, 0.6) is 0 Å². The van der Waals surface area contributed by atoms with Gasteiger partial charge >= 0.3 is 12.0 Å². The van der Waals surface area contributed by atoms with Gasteiger partial charge in [0.15, 0.2) is 0 Å². The standard InChI is InChI=1S/C25H24N2O4/c1-30-24(28)23-19(22-13-17-9-5-6-10-21(17)31-22)14-18-11-12-20(23)27(18)25(29)26-15-16-7-3-2-4-8-16/h2-10,13,18,20H,11-12,14-15H2,1H3,(H,26,29)/t18-,20+/m0/s1. The zero-order valence-corrected chi connectivity index (χ0v) is 17.3. The van der Waals surface area contributed by atoms with E-state index in [1.165, 1.54) is 7.11 Å². The van der Waals surface area contributed by atoms with Gasteiger partial charge in [0, 0.05) is 23.5 Å². The molecule has 2 aromatic carbocycles. The Morgan fingerprint density at radius 1 is 1.10 bits per heavy atom. The normalized spacial score (nSPS) is 20.2. The molecule has 31 heavy (non-hydrogen) atoms. The van der Waals surface area contributed by atoms with Gasteiger partial charge in [0.05, 0.1) is 18.7 Å². The van der Waals surface area contributed by atoms with E-state index in [1.54, 1.807) is 0 Å². The topological polar surface area (TPSA) is 71.8 Å². The van der Waals surface area contributed by atoms with Gasteiger partial charge in [-0.1, -0.05) is 48.5 Å². The number of nitrogens with zero attached hydrogens (tertiary/aromatic N) is 1. The molecule has 2 amide bonds. The zero-order valence-electron chi connectivity index (χ0n) is 17.3. The summed E-state index contributed by atoms with van der Waals surface area (Å²) >= 11 is 0. The molecule has 3 heterocycles. The van der Waals surface area contributed by atoms with Crippen LogP contribution in [0, 0.1) is 0 Å². The minimum atomic E-state index is -0.401. The third-order valence-electron chi connectivity index (χ3n) is 6.25. The van der Waals surface area contributed by atoms with E-state index >= 15 is 0 Å². The largest absolute Gasteiger partial charge is 0.466 e. The summed E-state index contributed by atoms with van der Waals surface area (Å²) in [6.07, 6.45) is 2.14. The molecule has 0 radical (unpaired) electrons. The second-order valence-corrected chi connectivity index (χ2v) is 8.03. The highest BCUT2D eigenvalue weighted by Gasteiger charge is 2.47. The second-order valence-electron chi connectivity index (χ2n) is 8.03. The molecule has 1 fully saturated rings. The van der Waals surface area contributed by atoms with Crippen LogP contribution in [0.15, 0.2) is 70.7 Å². The minimum Gasteiger partial charge on any atom is -0.466 e. The quantitative estimate of drug-likeness (QED) is 0.636. The van der Waals surface area contributed by atoms with Crippen LogP contribution in [0.1, 0.15) is 30.6 Å². The molecule has 3 aromatic rings. The summed E-state index contributed by atoms with van der Waals surface area (Å²) in [5.74, 6) is 0.282. The van der Waals surface area contributed by atoms with Crippen LogP contribution in [0.25, 0.3) is 16.5 Å². The van der Waals surface area contributed by atoms with Gasteiger partial charge in [-0.3, -0.25) is 0 Å². The predicted octanol–water partition coefficient (Wildman–Crippen LogP) is 4.51. The molecule has 0 saturated carbocycles. The van der Waals surface area contributed by atoms with Crippen molar-refractivity contribution in [2.75, 3.05) is 7.11 Å². The first kappa shape index (κ1) is 19.4. The summed E-state index contributed by atoms with van der Waals surface area (Å²) in [6.45, 7) is 0.448. The maximum absolute atomic E-state index is 13.1. The Kier molecular flexibility index (Phi) is 4.98. The Labute approximate surface area is 180 Å². The molecular weight excluding hydrogens is 392 g/mol. The molecule has 2 atom stereocenters. The van der Waals surface area contributed by atoms with Crippen LogP contribution in [-0.2, 0) is 16.1 Å². The van der Waals surface area contributed by atoms with Gasteiger partial charge in [-0.25, -0.2) is 9.59 Å². The van der Waals surface area contributed by atoms with Gasteiger partial charge in [0.1, 0.15) is 11.3 Å². The summed E-state index contributed by atoms with van der Waals surface area (Å²) in [7, 11) is 1.38. The van der Waals surface area contributed by atoms with Crippen LogP contribution < -0.4 is 5.32 Å². The summed E-state index contributed by atoms with van der Waals surface area (Å²) in [5, 5.41) is 4.00. The number of carbonyl (C=O) groups excluding carboxylic acids is 2. The molecule has 2 bridgehead atoms. The van der Waals surface area contributed by atoms with E-state index in [9.17, 15) is 9.59 Å². The van der Waals surface area contributed by atoms with Crippen molar-refractivity contribution in [3.8, 4) is 0 Å². The van der Waals surface area contributed by atoms with Crippen molar-refractivity contribution in [2.45, 2.75) is 37.9 Å². The van der Waals surface area contributed by atoms with Crippen LogP contribution in [0.4, 0.5) is 4.79 Å². The molecule has 1 aromatic heterocycles. The number of amides is 2. The van der Waals surface area contributed by atoms with E-state index < -0.39 is 5.97 Å². The SMILES string of the molecule is COC(=O)C1=C(c2cc3ccccc3o2)C[C@@H]2CC[C@H]1N2C(=O)NCc1ccccc1. The number of hydrogen-bond donors (Lipinski definition) is 1. The Bertz CT molecular complexity index is 1130. The van der Waals surface area contributed by atoms with Crippen molar-refractivity contribution in [2.24, 2.45) is 0 Å². The lowest BCUT2D eigenvalue weighted by Crippen LogP contribution is -2.50. The first-order chi connectivity index (χ1) is 15.2. The number of esters is 1. The number of fused-ring (bicyclic) bond motifs is 3. The number of ether oxygens (including phenoxy) is 1. The average molecular weight is 416 g/mol. The van der Waals surface area contributed by atoms with E-state index in [4.69, 9.17) is 9.15 Å². The van der Waals surface area contributed by atoms with Crippen LogP contribution in [0.3, 0.4) is 0 Å². The predicted molar refractivity (Wildman–Crippen MR) is 117 cm³/mol. The van der Waals surface area contributed by atoms with Crippen LogP contribution in [-0.4, -0.2) is 36.1 Å². The zero-order chi connectivity index (χ0) is 21.4. The average Bonchev–Trinajstić information content (AvgIpc) is 3.37. The fourth-order valence-corrected chi connectivity index (χ4v) is 4.82. The number of methoxy groups -OCH3 is 1. The number of carbonyl (C=O) groups is 2. The van der Waals surface area contributed by atoms with Crippen molar-refractivity contribution in [3.05, 3.63) is 77.6 Å². The summed E-state index contributed by atoms with van der Waals surface area (Å²) in [6, 6.07) is 19.1. The Balaban J connectivity index is 1.47. The molecule has 1 N–H and O–H groups in total. The molecule has 2 aliphatic heterocycles. The van der Waals surface area contributed by atoms with E-state index in [0.29, 0.717) is 24.3 Å². The molecule has 0 spiro atoms. The highest BCUT2D eigenvalue weighted by Crippen LogP contribution is 2.44. The summed E-state index contributed by atoms with van der Waals surface area (Å²) in [5.41, 5.74) is 3.20. The molecule has 2 aliphatic rings. The van der Waals surface area contributed by atoms with Crippen molar-refractivity contribution in [1.82, 2.24) is 10.2 Å². The summed E-state index contributed by atoms with van der Waals surface area (Å²) < 4.78 is 11.2. The van der Waals surface area contributed by atoms with Crippen molar-refractivity contribution in [3.63, 3.8) is 0 Å². The van der Waals surface area contributed by atoms with Crippen molar-refractivity contribution in [1.29, 1.82) is 0 Å². The van der Waals surface area contributed by atoms with Gasteiger partial charge in [-0.15, -0.1) is 0 Å². The van der Waals surface area contributed by atoms with Crippen LogP contribution >= 0.6 is 0 Å². The molecular formula is C25H24N2O4. The molecule has 158 valence electrons. The van der Waals surface area contributed by atoms with Crippen molar-refractivity contribution >= 4 is 28.5 Å². The Morgan fingerprint density at radius 2 is 1.87 bits per heavy atom. The lowest BCUT2D eigenvalue weighted by molar-refractivity contribution is -0.136. The van der Waals surface area contributed by atoms with E-state index in [0.717, 1.165) is 34.9 Å².